The molecule has 0 fully saturated rings. The van der Waals surface area contributed by atoms with Crippen LogP contribution in [0.3, 0.4) is 0 Å². The summed E-state index contributed by atoms with van der Waals surface area (Å²) in [4.78, 5) is 14.4. The minimum absolute atomic E-state index is 0.158. The zero-order chi connectivity index (χ0) is 17.5. The van der Waals surface area contributed by atoms with Gasteiger partial charge in [-0.1, -0.05) is 13.8 Å². The smallest absolute Gasteiger partial charge is 0.251 e. The first-order chi connectivity index (χ1) is 10.8. The molecule has 0 radical (unpaired) electrons. The molecular weight excluding hydrogens is 314 g/mol. The maximum atomic E-state index is 12.0. The van der Waals surface area contributed by atoms with Crippen LogP contribution in [0.25, 0.3) is 0 Å². The zero-order valence-corrected chi connectivity index (χ0v) is 15.1. The Labute approximate surface area is 139 Å². The Hall–Kier alpha value is -1.44. The highest BCUT2D eigenvalue weighted by Crippen LogP contribution is 2.11. The lowest BCUT2D eigenvalue weighted by atomic mass is 10.2. The van der Waals surface area contributed by atoms with Gasteiger partial charge < -0.3 is 10.2 Å². The predicted octanol–water partition coefficient (Wildman–Crippen LogP) is 1.44. The van der Waals surface area contributed by atoms with E-state index in [0.717, 1.165) is 19.6 Å². The standard InChI is InChI=1S/C16H27N3O3S/c1-5-19(6-2)12-11-17-16(20)14-7-9-15(10-8-14)23(21,22)18-13(3)4/h7-10,13,18H,5-6,11-12H2,1-4H3,(H,17,20). The Morgan fingerprint density at radius 1 is 1.13 bits per heavy atom. The molecule has 130 valence electrons. The van der Waals surface area contributed by atoms with Crippen molar-refractivity contribution in [1.82, 2.24) is 14.9 Å². The van der Waals surface area contributed by atoms with Crippen LogP contribution in [0.1, 0.15) is 38.1 Å². The molecule has 1 aromatic rings. The van der Waals surface area contributed by atoms with Gasteiger partial charge >= 0.3 is 0 Å². The van der Waals surface area contributed by atoms with Crippen LogP contribution in [0, 0.1) is 0 Å². The summed E-state index contributed by atoms with van der Waals surface area (Å²) >= 11 is 0. The summed E-state index contributed by atoms with van der Waals surface area (Å²) in [5.41, 5.74) is 0.452. The highest BCUT2D eigenvalue weighted by molar-refractivity contribution is 7.89. The van der Waals surface area contributed by atoms with Crippen LogP contribution in [0.4, 0.5) is 0 Å². The van der Waals surface area contributed by atoms with E-state index in [0.29, 0.717) is 12.1 Å². The summed E-state index contributed by atoms with van der Waals surface area (Å²) in [5.74, 6) is -0.196. The number of likely N-dealkylation sites (N-methyl/N-ethyl adjacent to an activating group) is 1. The SMILES string of the molecule is CCN(CC)CCNC(=O)c1ccc(S(=O)(=O)NC(C)C)cc1. The fraction of sp³-hybridized carbons (Fsp3) is 0.562. The van der Waals surface area contributed by atoms with Gasteiger partial charge in [0.25, 0.3) is 5.91 Å². The largest absolute Gasteiger partial charge is 0.351 e. The Kier molecular flexibility index (Phi) is 7.67. The number of carbonyl (C=O) groups is 1. The minimum atomic E-state index is -3.53. The number of benzene rings is 1. The number of nitrogens with zero attached hydrogens (tertiary/aromatic N) is 1. The molecule has 1 aromatic carbocycles. The third kappa shape index (κ3) is 6.29. The summed E-state index contributed by atoms with van der Waals surface area (Å²) in [6.07, 6.45) is 0. The van der Waals surface area contributed by atoms with Gasteiger partial charge in [0.05, 0.1) is 4.90 Å². The molecule has 0 unspecified atom stereocenters. The van der Waals surface area contributed by atoms with E-state index < -0.39 is 10.0 Å². The number of hydrogen-bond donors (Lipinski definition) is 2. The molecule has 7 heteroatoms. The van der Waals surface area contributed by atoms with Crippen molar-refractivity contribution in [3.05, 3.63) is 29.8 Å². The predicted molar refractivity (Wildman–Crippen MR) is 92.0 cm³/mol. The molecule has 0 spiro atoms. The molecule has 23 heavy (non-hydrogen) atoms. The quantitative estimate of drug-likeness (QED) is 0.712. The minimum Gasteiger partial charge on any atom is -0.351 e. The van der Waals surface area contributed by atoms with Crippen LogP contribution in [0.2, 0.25) is 0 Å². The molecule has 0 saturated heterocycles. The Morgan fingerprint density at radius 2 is 1.70 bits per heavy atom. The fourth-order valence-electron chi connectivity index (χ4n) is 2.13. The first-order valence-electron chi connectivity index (χ1n) is 7.93. The van der Waals surface area contributed by atoms with Crippen molar-refractivity contribution in [3.63, 3.8) is 0 Å². The third-order valence-electron chi connectivity index (χ3n) is 3.43. The molecule has 0 bridgehead atoms. The lowest BCUT2D eigenvalue weighted by Crippen LogP contribution is -2.34. The topological polar surface area (TPSA) is 78.5 Å². The highest BCUT2D eigenvalue weighted by Gasteiger charge is 2.16. The molecule has 0 aliphatic rings. The van der Waals surface area contributed by atoms with Crippen LogP contribution < -0.4 is 10.0 Å². The van der Waals surface area contributed by atoms with Gasteiger partial charge in [-0.15, -0.1) is 0 Å². The molecule has 0 saturated carbocycles. The van der Waals surface area contributed by atoms with Gasteiger partial charge in [-0.2, -0.15) is 0 Å². The average Bonchev–Trinajstić information content (AvgIpc) is 2.50. The van der Waals surface area contributed by atoms with E-state index in [1.807, 2.05) is 0 Å². The molecule has 0 aliphatic carbocycles. The molecule has 0 aliphatic heterocycles. The van der Waals surface area contributed by atoms with Gasteiger partial charge in [-0.25, -0.2) is 13.1 Å². The van der Waals surface area contributed by atoms with Gasteiger partial charge in [0.15, 0.2) is 0 Å². The van der Waals surface area contributed by atoms with Crippen molar-refractivity contribution in [2.45, 2.75) is 38.6 Å². The van der Waals surface area contributed by atoms with E-state index in [1.165, 1.54) is 24.3 Å². The van der Waals surface area contributed by atoms with Crippen LogP contribution in [-0.2, 0) is 10.0 Å². The zero-order valence-electron chi connectivity index (χ0n) is 14.3. The molecule has 0 atom stereocenters. The van der Waals surface area contributed by atoms with Crippen LogP contribution >= 0.6 is 0 Å². The number of nitrogens with one attached hydrogen (secondary N) is 2. The monoisotopic (exact) mass is 341 g/mol. The van der Waals surface area contributed by atoms with Crippen LogP contribution in [0.15, 0.2) is 29.2 Å². The maximum absolute atomic E-state index is 12.0. The van der Waals surface area contributed by atoms with Gasteiger partial charge in [-0.05, 0) is 51.2 Å². The second kappa shape index (κ2) is 9.00. The molecule has 6 nitrogen and oxygen atoms in total. The van der Waals surface area contributed by atoms with Crippen molar-refractivity contribution < 1.29 is 13.2 Å². The van der Waals surface area contributed by atoms with Crippen LogP contribution in [0.5, 0.6) is 0 Å². The van der Waals surface area contributed by atoms with E-state index in [4.69, 9.17) is 0 Å². The third-order valence-corrected chi connectivity index (χ3v) is 5.10. The Balaban J connectivity index is 2.64. The highest BCUT2D eigenvalue weighted by atomic mass is 32.2. The molecule has 0 heterocycles. The van der Waals surface area contributed by atoms with E-state index >= 15 is 0 Å². The Bertz CT molecular complexity index is 594. The van der Waals surface area contributed by atoms with E-state index in [1.54, 1.807) is 13.8 Å². The van der Waals surface area contributed by atoms with E-state index in [9.17, 15) is 13.2 Å². The summed E-state index contributed by atoms with van der Waals surface area (Å²) < 4.78 is 26.5. The summed E-state index contributed by atoms with van der Waals surface area (Å²) in [6, 6.07) is 5.78. The van der Waals surface area contributed by atoms with Crippen LogP contribution in [-0.4, -0.2) is 51.4 Å². The first kappa shape index (κ1) is 19.6. The second-order valence-corrected chi connectivity index (χ2v) is 7.30. The molecule has 1 amide bonds. The van der Waals surface area contributed by atoms with Gasteiger partial charge in [0.2, 0.25) is 10.0 Å². The lowest BCUT2D eigenvalue weighted by Gasteiger charge is -2.18. The van der Waals surface area contributed by atoms with E-state index in [-0.39, 0.29) is 16.8 Å². The van der Waals surface area contributed by atoms with Gasteiger partial charge in [0, 0.05) is 24.7 Å². The maximum Gasteiger partial charge on any atom is 0.251 e. The lowest BCUT2D eigenvalue weighted by molar-refractivity contribution is 0.0949. The first-order valence-corrected chi connectivity index (χ1v) is 9.41. The summed E-state index contributed by atoms with van der Waals surface area (Å²) in [7, 11) is -3.53. The normalized spacial score (nSPS) is 11.9. The number of carbonyl (C=O) groups excluding carboxylic acids is 1. The number of sulfonamides is 1. The average molecular weight is 341 g/mol. The number of amides is 1. The second-order valence-electron chi connectivity index (χ2n) is 5.58. The van der Waals surface area contributed by atoms with Gasteiger partial charge in [-0.3, -0.25) is 4.79 Å². The molecule has 1 rings (SSSR count). The van der Waals surface area contributed by atoms with Crippen molar-refractivity contribution in [2.75, 3.05) is 26.2 Å². The van der Waals surface area contributed by atoms with Crippen molar-refractivity contribution in [2.24, 2.45) is 0 Å². The number of hydrogen-bond acceptors (Lipinski definition) is 4. The van der Waals surface area contributed by atoms with Crippen molar-refractivity contribution in [3.8, 4) is 0 Å². The summed E-state index contributed by atoms with van der Waals surface area (Å²) in [6.45, 7) is 10.9. The summed E-state index contributed by atoms with van der Waals surface area (Å²) in [5, 5.41) is 2.84. The Morgan fingerprint density at radius 3 is 2.17 bits per heavy atom. The fourth-order valence-corrected chi connectivity index (χ4v) is 3.38. The van der Waals surface area contributed by atoms with Gasteiger partial charge in [0.1, 0.15) is 0 Å². The van der Waals surface area contributed by atoms with Crippen molar-refractivity contribution >= 4 is 15.9 Å². The molecule has 0 aromatic heterocycles. The molecular formula is C16H27N3O3S. The van der Waals surface area contributed by atoms with Crippen molar-refractivity contribution in [1.29, 1.82) is 0 Å². The number of rotatable bonds is 9. The van der Waals surface area contributed by atoms with E-state index in [2.05, 4.69) is 28.8 Å². The molecule has 2 N–H and O–H groups in total.